The van der Waals surface area contributed by atoms with Crippen molar-refractivity contribution in [3.8, 4) is 0 Å². The predicted molar refractivity (Wildman–Crippen MR) is 136 cm³/mol. The molecule has 39 heavy (non-hydrogen) atoms. The van der Waals surface area contributed by atoms with Crippen molar-refractivity contribution < 1.29 is 49.3 Å². The lowest BCUT2D eigenvalue weighted by molar-refractivity contribution is -0.365. The lowest BCUT2D eigenvalue weighted by Gasteiger charge is -2.69. The molecule has 5 rings (SSSR count). The first kappa shape index (κ1) is 28.2. The van der Waals surface area contributed by atoms with Crippen molar-refractivity contribution in [3.05, 3.63) is 47.0 Å². The van der Waals surface area contributed by atoms with Crippen LogP contribution in [-0.2, 0) is 19.0 Å². The molecule has 1 aromatic rings. The van der Waals surface area contributed by atoms with Crippen LogP contribution >= 0.6 is 0 Å². The first-order valence-electron chi connectivity index (χ1n) is 13.4. The van der Waals surface area contributed by atoms with Crippen molar-refractivity contribution in [1.82, 2.24) is 0 Å². The number of fused-ring (bicyclic) bond motifs is 5. The average Bonchev–Trinajstić information content (AvgIpc) is 2.87. The highest BCUT2D eigenvalue weighted by Crippen LogP contribution is 2.64. The normalized spacial score (nSPS) is 44.6. The van der Waals surface area contributed by atoms with Gasteiger partial charge in [0.2, 0.25) is 0 Å². The Balaban J connectivity index is 1.80. The summed E-state index contributed by atoms with van der Waals surface area (Å²) in [7, 11) is 0. The van der Waals surface area contributed by atoms with Crippen LogP contribution in [0.1, 0.15) is 57.8 Å². The third-order valence-electron chi connectivity index (χ3n) is 10.2. The zero-order valence-corrected chi connectivity index (χ0v) is 22.8. The van der Waals surface area contributed by atoms with Crippen molar-refractivity contribution >= 4 is 11.9 Å². The minimum Gasteiger partial charge on any atom is -0.455 e. The van der Waals surface area contributed by atoms with Crippen LogP contribution in [0.4, 0.5) is 0 Å². The zero-order chi connectivity index (χ0) is 28.7. The molecule has 2 saturated carbocycles. The van der Waals surface area contributed by atoms with E-state index in [1.165, 1.54) is 6.92 Å². The average molecular weight is 547 g/mol. The summed E-state index contributed by atoms with van der Waals surface area (Å²) < 4.78 is 17.8. The molecule has 2 bridgehead atoms. The number of hydrogen-bond donors (Lipinski definition) is 5. The lowest BCUT2D eigenvalue weighted by Crippen LogP contribution is -2.82. The lowest BCUT2D eigenvalue weighted by atomic mass is 9.44. The largest absolute Gasteiger partial charge is 0.455 e. The van der Waals surface area contributed by atoms with E-state index in [2.05, 4.69) is 0 Å². The maximum Gasteiger partial charge on any atom is 0.338 e. The molecule has 3 fully saturated rings. The van der Waals surface area contributed by atoms with Crippen LogP contribution in [0.15, 0.2) is 41.5 Å². The molecule has 1 aliphatic heterocycles. The Labute approximate surface area is 227 Å². The van der Waals surface area contributed by atoms with Crippen molar-refractivity contribution in [1.29, 1.82) is 0 Å². The summed E-state index contributed by atoms with van der Waals surface area (Å²) in [6.45, 7) is 7.57. The Morgan fingerprint density at radius 2 is 1.69 bits per heavy atom. The standard InChI is InChI=1S/C29H38O10/c1-14-17(31)12-29(36)24(38-25(35)16-9-7-6-8-10-16)22-27(5,23(34)21(33)20(14)26(29,3)4)18(32)11-19-28(22,13-37-19)39-15(2)30/h6-10,17-19,21-24,31-34,36H,11-13H2,1-5H3/t17-,18-,19+,21+,22-,23+,24-,27+,28-,29+/m0/s1. The topological polar surface area (TPSA) is 163 Å². The SMILES string of the molecule is CC(=O)O[C@@]12CO[C@@H]1C[C@H](O)[C@@]1(C)[C@H](O)[C@H](O)C3=C(C)[C@@H](O)C[C@@](O)([C@@H](OC(=O)c4ccccc4)[C@H]21)C3(C)C. The second-order valence-electron chi connectivity index (χ2n) is 12.4. The first-order valence-corrected chi connectivity index (χ1v) is 13.4. The van der Waals surface area contributed by atoms with E-state index in [0.29, 0.717) is 5.57 Å². The molecule has 1 heterocycles. The zero-order valence-electron chi connectivity index (χ0n) is 22.8. The minimum atomic E-state index is -2.02. The van der Waals surface area contributed by atoms with E-state index in [4.69, 9.17) is 14.2 Å². The Hall–Kier alpha value is -2.34. The highest BCUT2D eigenvalue weighted by atomic mass is 16.6. The van der Waals surface area contributed by atoms with Crippen molar-refractivity contribution in [2.75, 3.05) is 6.61 Å². The van der Waals surface area contributed by atoms with Crippen LogP contribution in [0.3, 0.4) is 0 Å². The van der Waals surface area contributed by atoms with Gasteiger partial charge in [0, 0.05) is 30.6 Å². The third kappa shape index (κ3) is 3.69. The van der Waals surface area contributed by atoms with Gasteiger partial charge in [-0.25, -0.2) is 4.79 Å². The summed E-state index contributed by atoms with van der Waals surface area (Å²) in [5.74, 6) is -2.66. The fourth-order valence-corrected chi connectivity index (χ4v) is 7.88. The molecular weight excluding hydrogens is 508 g/mol. The summed E-state index contributed by atoms with van der Waals surface area (Å²) in [6.07, 6.45) is -8.38. The third-order valence-corrected chi connectivity index (χ3v) is 10.2. The molecule has 0 radical (unpaired) electrons. The minimum absolute atomic E-state index is 0.0219. The van der Waals surface area contributed by atoms with Crippen LogP contribution in [0.25, 0.3) is 0 Å². The molecule has 1 aromatic carbocycles. The molecule has 4 aliphatic rings. The van der Waals surface area contributed by atoms with E-state index in [-0.39, 0.29) is 30.6 Å². The quantitative estimate of drug-likeness (QED) is 0.272. The number of benzene rings is 1. The van der Waals surface area contributed by atoms with E-state index in [0.717, 1.165) is 0 Å². The highest BCUT2D eigenvalue weighted by molar-refractivity contribution is 5.89. The number of carbonyl (C=O) groups excluding carboxylic acids is 2. The van der Waals surface area contributed by atoms with Gasteiger partial charge in [0.15, 0.2) is 5.60 Å². The van der Waals surface area contributed by atoms with Crippen LogP contribution in [0.2, 0.25) is 0 Å². The summed E-state index contributed by atoms with van der Waals surface area (Å²) in [6, 6.07) is 8.16. The molecule has 10 nitrogen and oxygen atoms in total. The van der Waals surface area contributed by atoms with Crippen molar-refractivity contribution in [3.63, 3.8) is 0 Å². The second kappa shape index (κ2) is 9.09. The van der Waals surface area contributed by atoms with Crippen LogP contribution < -0.4 is 0 Å². The molecule has 10 atom stereocenters. The molecule has 1 saturated heterocycles. The van der Waals surface area contributed by atoms with Gasteiger partial charge in [0.05, 0.1) is 36.4 Å². The van der Waals surface area contributed by atoms with Crippen molar-refractivity contribution in [2.45, 2.75) is 95.3 Å². The molecule has 10 heteroatoms. The van der Waals surface area contributed by atoms with Gasteiger partial charge >= 0.3 is 11.9 Å². The Morgan fingerprint density at radius 1 is 1.05 bits per heavy atom. The molecule has 214 valence electrons. The van der Waals surface area contributed by atoms with Crippen molar-refractivity contribution in [2.24, 2.45) is 16.7 Å². The molecular formula is C29H38O10. The van der Waals surface area contributed by atoms with Crippen LogP contribution in [0, 0.1) is 16.7 Å². The van der Waals surface area contributed by atoms with Gasteiger partial charge < -0.3 is 39.7 Å². The van der Waals surface area contributed by atoms with Gasteiger partial charge in [0.1, 0.15) is 23.9 Å². The van der Waals surface area contributed by atoms with E-state index < -0.39 is 76.5 Å². The van der Waals surface area contributed by atoms with E-state index in [1.807, 2.05) is 0 Å². The molecule has 0 amide bonds. The monoisotopic (exact) mass is 546 g/mol. The number of rotatable bonds is 3. The molecule has 0 spiro atoms. The number of esters is 2. The smallest absolute Gasteiger partial charge is 0.338 e. The summed E-state index contributed by atoms with van der Waals surface area (Å²) >= 11 is 0. The van der Waals surface area contributed by atoms with E-state index >= 15 is 0 Å². The summed E-state index contributed by atoms with van der Waals surface area (Å²) in [5, 5.41) is 58.8. The Bertz CT molecular complexity index is 1200. The van der Waals surface area contributed by atoms with Crippen LogP contribution in [-0.4, -0.2) is 91.9 Å². The number of aliphatic hydroxyl groups excluding tert-OH is 4. The van der Waals surface area contributed by atoms with Crippen LogP contribution in [0.5, 0.6) is 0 Å². The number of carbonyl (C=O) groups is 2. The number of aliphatic hydroxyl groups is 5. The predicted octanol–water partition coefficient (Wildman–Crippen LogP) is 0.874. The molecule has 0 aromatic heterocycles. The molecule has 3 aliphatic carbocycles. The summed E-state index contributed by atoms with van der Waals surface area (Å²) in [5.41, 5.74) is -5.70. The van der Waals surface area contributed by atoms with Gasteiger partial charge in [-0.05, 0) is 30.2 Å². The number of hydrogen-bond acceptors (Lipinski definition) is 10. The number of ether oxygens (including phenoxy) is 3. The maximum atomic E-state index is 13.6. The van der Waals surface area contributed by atoms with Gasteiger partial charge in [-0.3, -0.25) is 4.79 Å². The maximum absolute atomic E-state index is 13.6. The second-order valence-corrected chi connectivity index (χ2v) is 12.4. The first-order chi connectivity index (χ1) is 18.1. The van der Waals surface area contributed by atoms with E-state index in [1.54, 1.807) is 58.0 Å². The fraction of sp³-hybridized carbons (Fsp3) is 0.655. The fourth-order valence-electron chi connectivity index (χ4n) is 7.88. The van der Waals surface area contributed by atoms with Gasteiger partial charge in [0.25, 0.3) is 0 Å². The Morgan fingerprint density at radius 3 is 2.26 bits per heavy atom. The molecule has 0 unspecified atom stereocenters. The van der Waals surface area contributed by atoms with Gasteiger partial charge in [-0.1, -0.05) is 39.0 Å². The van der Waals surface area contributed by atoms with Gasteiger partial charge in [-0.15, -0.1) is 0 Å². The Kier molecular flexibility index (Phi) is 6.57. The van der Waals surface area contributed by atoms with E-state index in [9.17, 15) is 35.1 Å². The highest BCUT2D eigenvalue weighted by Gasteiger charge is 2.77. The van der Waals surface area contributed by atoms with Gasteiger partial charge in [-0.2, -0.15) is 0 Å². The molecule has 5 N–H and O–H groups in total. The summed E-state index contributed by atoms with van der Waals surface area (Å²) in [4.78, 5) is 26.0.